The predicted molar refractivity (Wildman–Crippen MR) is 64.2 cm³/mol. The van der Waals surface area contributed by atoms with Gasteiger partial charge < -0.3 is 17.4 Å². The van der Waals surface area contributed by atoms with Crippen molar-refractivity contribution in [1.82, 2.24) is 0 Å². The summed E-state index contributed by atoms with van der Waals surface area (Å²) in [6.45, 7) is 6.92. The molecule has 2 nitrogen and oxygen atoms in total. The predicted octanol–water partition coefficient (Wildman–Crippen LogP) is 1.96. The third kappa shape index (κ3) is 15.5. The van der Waals surface area contributed by atoms with E-state index < -0.39 is 0 Å². The minimum Gasteiger partial charge on any atom is -0.782 e. The van der Waals surface area contributed by atoms with Crippen molar-refractivity contribution >= 4 is 26.5 Å². The topological polar surface area (TPSA) is 26.3 Å². The maximum atomic E-state index is 9.85. The van der Waals surface area contributed by atoms with Gasteiger partial charge >= 0.3 is 0 Å². The third-order valence-electron chi connectivity index (χ3n) is 1.85. The molecule has 1 radical (unpaired) electrons. The summed E-state index contributed by atoms with van der Waals surface area (Å²) < 4.78 is 4.16. The first-order valence-corrected chi connectivity index (χ1v) is 7.34. The first-order valence-electron chi connectivity index (χ1n) is 4.64. The first kappa shape index (κ1) is 20.4. The van der Waals surface area contributed by atoms with Crippen LogP contribution in [0.3, 0.4) is 0 Å². The maximum Gasteiger partial charge on any atom is 0.281 e. The molecule has 0 saturated heterocycles. The van der Waals surface area contributed by atoms with Gasteiger partial charge in [-0.3, -0.25) is 4.79 Å². The quantitative estimate of drug-likeness (QED) is 0.301. The van der Waals surface area contributed by atoms with Gasteiger partial charge in [0.05, 0.1) is 25.6 Å². The van der Waals surface area contributed by atoms with E-state index in [1.54, 1.807) is 0 Å². The Labute approximate surface area is 110 Å². The molecule has 0 rings (SSSR count). The Kier molecular flexibility index (Phi) is 23.9. The van der Waals surface area contributed by atoms with E-state index in [1.807, 2.05) is 0 Å². The fourth-order valence-electron chi connectivity index (χ4n) is 0.809. The van der Waals surface area contributed by atoms with E-state index in [9.17, 15) is 4.79 Å². The molecule has 0 aliphatic heterocycles. The molecule has 0 unspecified atom stereocenters. The summed E-state index contributed by atoms with van der Waals surface area (Å²) in [5.41, 5.74) is 0. The Bertz CT molecular complexity index is 110. The fourth-order valence-corrected chi connectivity index (χ4v) is 2.43. The summed E-state index contributed by atoms with van der Waals surface area (Å²) >= 11 is 4.30. The van der Waals surface area contributed by atoms with Crippen molar-refractivity contribution in [3.8, 4) is 0 Å². The Balaban J connectivity index is -0.000000163. The van der Waals surface area contributed by atoms with Gasteiger partial charge in [0, 0.05) is 22.4 Å². The summed E-state index contributed by atoms with van der Waals surface area (Å²) in [4.78, 5) is 9.85. The van der Waals surface area contributed by atoms with Gasteiger partial charge in [0.15, 0.2) is 0 Å². The van der Waals surface area contributed by atoms with E-state index in [1.165, 1.54) is 25.6 Å². The van der Waals surface area contributed by atoms with E-state index in [4.69, 9.17) is 0 Å². The Morgan fingerprint density at radius 2 is 1.57 bits per heavy atom. The van der Waals surface area contributed by atoms with Gasteiger partial charge in [0.1, 0.15) is 0 Å². The number of esters is 1. The molecule has 0 spiro atoms. The van der Waals surface area contributed by atoms with Crippen molar-refractivity contribution < 1.29 is 31.9 Å². The van der Waals surface area contributed by atoms with Crippen molar-refractivity contribution in [2.45, 2.75) is 20.8 Å². The van der Waals surface area contributed by atoms with Gasteiger partial charge in [0.25, 0.3) is 5.97 Å². The van der Waals surface area contributed by atoms with Gasteiger partial charge in [-0.1, -0.05) is 5.75 Å². The zero-order valence-corrected chi connectivity index (χ0v) is 13.3. The van der Waals surface area contributed by atoms with E-state index in [-0.39, 0.29) is 42.0 Å². The van der Waals surface area contributed by atoms with Crippen molar-refractivity contribution in [3.63, 3.8) is 0 Å². The zero-order valence-electron chi connectivity index (χ0n) is 9.35. The Morgan fingerprint density at radius 3 is 1.57 bits per heavy atom. The van der Waals surface area contributed by atoms with E-state index in [0.717, 1.165) is 0 Å². The van der Waals surface area contributed by atoms with Gasteiger partial charge in [0.2, 0.25) is 0 Å². The number of carbonyl (C=O) groups is 1. The van der Waals surface area contributed by atoms with Gasteiger partial charge in [-0.2, -0.15) is 0 Å². The van der Waals surface area contributed by atoms with Crippen LogP contribution < -0.4 is 0 Å². The molecule has 91 valence electrons. The molecule has 0 N–H and O–H groups in total. The van der Waals surface area contributed by atoms with Crippen LogP contribution in [-0.4, -0.2) is 37.3 Å². The molecule has 0 aromatic rings. The van der Waals surface area contributed by atoms with Crippen LogP contribution in [0.1, 0.15) is 20.8 Å². The molecular formula is C9H21AuO2PS. The van der Waals surface area contributed by atoms with Crippen LogP contribution in [0.5, 0.6) is 0 Å². The molecule has 0 heterocycles. The Hall–Kier alpha value is 0.990. The zero-order chi connectivity index (χ0) is 10.7. The van der Waals surface area contributed by atoms with Crippen LogP contribution in [0, 0.1) is 0 Å². The van der Waals surface area contributed by atoms with Crippen LogP contribution in [-0.2, 0) is 44.5 Å². The summed E-state index contributed by atoms with van der Waals surface area (Å²) in [5.74, 6) is -0.291. The van der Waals surface area contributed by atoms with E-state index in [0.29, 0.717) is 0 Å². The van der Waals surface area contributed by atoms with Crippen molar-refractivity contribution in [2.24, 2.45) is 0 Å². The van der Waals surface area contributed by atoms with Crippen LogP contribution in [0.15, 0.2) is 0 Å². The van der Waals surface area contributed by atoms with Crippen LogP contribution in [0.2, 0.25) is 0 Å². The molecule has 0 saturated carbocycles. The third-order valence-corrected chi connectivity index (χ3v) is 5.08. The molecule has 5 heteroatoms. The number of ether oxygens (including phenoxy) is 1. The summed E-state index contributed by atoms with van der Waals surface area (Å²) in [6.07, 6.45) is 4.37. The van der Waals surface area contributed by atoms with Gasteiger partial charge in [-0.25, -0.2) is 0 Å². The second-order valence-electron chi connectivity index (χ2n) is 2.53. The molecular weight excluding hydrogens is 400 g/mol. The van der Waals surface area contributed by atoms with Crippen molar-refractivity contribution in [2.75, 3.05) is 31.3 Å². The fraction of sp³-hybridized carbons (Fsp3) is 0.889. The molecule has 0 atom stereocenters. The summed E-state index contributed by atoms with van der Waals surface area (Å²) in [7, 11) is 1.45. The number of rotatable bonds is 4. The maximum absolute atomic E-state index is 9.85. The van der Waals surface area contributed by atoms with Crippen LogP contribution in [0.4, 0.5) is 0 Å². The standard InChI is InChI=1S/C6H15P.C3H6O2S.Au/c1-4-7(5-2)6-3;1-5-3(4)2-6;/h4-6H2,1-3H3;6H,2H2,1H3;. The second kappa shape index (κ2) is 16.4. The minimum absolute atomic E-state index is 0. The second-order valence-corrected chi connectivity index (χ2v) is 6.44. The van der Waals surface area contributed by atoms with Gasteiger partial charge in [-0.15, -0.1) is 0 Å². The molecule has 0 fully saturated rings. The molecule has 0 amide bonds. The first-order chi connectivity index (χ1) is 6.15. The minimum atomic E-state index is -0.343. The smallest absolute Gasteiger partial charge is 0.281 e. The average molecular weight is 421 g/mol. The largest absolute Gasteiger partial charge is 0.782 e. The molecule has 0 aliphatic rings. The number of carbonyl (C=O) groups excluding carboxylic acids is 1. The van der Waals surface area contributed by atoms with Crippen molar-refractivity contribution in [1.29, 1.82) is 0 Å². The Morgan fingerprint density at radius 1 is 1.21 bits per heavy atom. The van der Waals surface area contributed by atoms with E-state index in [2.05, 4.69) is 38.1 Å². The van der Waals surface area contributed by atoms with Gasteiger partial charge in [-0.05, 0) is 28.7 Å². The normalized spacial score (nSPS) is 8.43. The molecule has 0 aromatic heterocycles. The number of hydrogen-bond acceptors (Lipinski definition) is 3. The van der Waals surface area contributed by atoms with Crippen LogP contribution in [0.25, 0.3) is 0 Å². The summed E-state index contributed by atoms with van der Waals surface area (Å²) in [6, 6.07) is 0. The molecule has 14 heavy (non-hydrogen) atoms. The van der Waals surface area contributed by atoms with E-state index >= 15 is 0 Å². The SMILES string of the molecule is CC[PH+](CC)CC.COC(=O)C[S-].[Au]. The average Bonchev–Trinajstić information content (AvgIpc) is 2.20. The monoisotopic (exact) mass is 421 g/mol. The number of methoxy groups -OCH3 is 1. The van der Waals surface area contributed by atoms with Crippen LogP contribution >= 0.6 is 7.92 Å². The summed E-state index contributed by atoms with van der Waals surface area (Å²) in [5, 5.41) is 0. The van der Waals surface area contributed by atoms with Crippen molar-refractivity contribution in [3.05, 3.63) is 0 Å². The molecule has 0 bridgehead atoms. The molecule has 0 aromatic carbocycles. The molecule has 0 aliphatic carbocycles. The number of hydrogen-bond donors (Lipinski definition) is 0.